The molecule has 2 saturated heterocycles. The van der Waals surface area contributed by atoms with Crippen molar-refractivity contribution in [3.8, 4) is 0 Å². The average Bonchev–Trinajstić information content (AvgIpc) is 3.17. The van der Waals surface area contributed by atoms with Crippen molar-refractivity contribution in [3.05, 3.63) is 0 Å². The first-order valence-corrected chi connectivity index (χ1v) is 10.6. The summed E-state index contributed by atoms with van der Waals surface area (Å²) >= 11 is 1.80. The van der Waals surface area contributed by atoms with Gasteiger partial charge in [-0.3, -0.25) is 4.79 Å². The maximum Gasteiger partial charge on any atom is 0.256 e. The van der Waals surface area contributed by atoms with Gasteiger partial charge in [0, 0.05) is 6.42 Å². The van der Waals surface area contributed by atoms with Crippen molar-refractivity contribution in [2.24, 2.45) is 5.92 Å². The standard InChI is InChI=1S/C18H33NO3S/c1-5-6-7-8-9-15-17(22-15)18(20)19-14(13(2)3)12-21-16(19)10-11-23-4/h13-17H,5-12H2,1-4H3/t14-,15+,16+,17-/m1/s1. The highest BCUT2D eigenvalue weighted by atomic mass is 32.2. The van der Waals surface area contributed by atoms with Gasteiger partial charge in [-0.05, 0) is 24.3 Å². The zero-order chi connectivity index (χ0) is 16.8. The van der Waals surface area contributed by atoms with Crippen LogP contribution in [0.4, 0.5) is 0 Å². The summed E-state index contributed by atoms with van der Waals surface area (Å²) in [6, 6.07) is 0.194. The molecule has 5 heteroatoms. The Balaban J connectivity index is 1.87. The van der Waals surface area contributed by atoms with Gasteiger partial charge >= 0.3 is 0 Å². The summed E-state index contributed by atoms with van der Waals surface area (Å²) in [5.74, 6) is 1.60. The van der Waals surface area contributed by atoms with Crippen LogP contribution in [0.2, 0.25) is 0 Å². The summed E-state index contributed by atoms with van der Waals surface area (Å²) in [7, 11) is 0. The molecule has 0 aromatic heterocycles. The van der Waals surface area contributed by atoms with E-state index < -0.39 is 0 Å². The van der Waals surface area contributed by atoms with Crippen LogP contribution in [0.15, 0.2) is 0 Å². The monoisotopic (exact) mass is 343 g/mol. The molecule has 0 aromatic rings. The van der Waals surface area contributed by atoms with Gasteiger partial charge in [0.2, 0.25) is 0 Å². The first-order chi connectivity index (χ1) is 11.1. The Bertz CT molecular complexity index is 377. The smallest absolute Gasteiger partial charge is 0.256 e. The van der Waals surface area contributed by atoms with Gasteiger partial charge in [0.15, 0.2) is 6.10 Å². The molecule has 0 unspecified atom stereocenters. The van der Waals surface area contributed by atoms with Crippen LogP contribution in [0, 0.1) is 5.92 Å². The van der Waals surface area contributed by atoms with E-state index >= 15 is 0 Å². The zero-order valence-electron chi connectivity index (χ0n) is 15.1. The quantitative estimate of drug-likeness (QED) is 0.448. The fraction of sp³-hybridized carbons (Fsp3) is 0.944. The van der Waals surface area contributed by atoms with Crippen molar-refractivity contribution >= 4 is 17.7 Å². The van der Waals surface area contributed by atoms with Crippen LogP contribution in [0.3, 0.4) is 0 Å². The first-order valence-electron chi connectivity index (χ1n) is 9.18. The van der Waals surface area contributed by atoms with Crippen molar-refractivity contribution in [2.75, 3.05) is 18.6 Å². The van der Waals surface area contributed by atoms with Gasteiger partial charge in [-0.1, -0.05) is 46.5 Å². The highest BCUT2D eigenvalue weighted by Gasteiger charge is 2.51. The molecule has 0 aromatic carbocycles. The van der Waals surface area contributed by atoms with Crippen LogP contribution in [0.5, 0.6) is 0 Å². The fourth-order valence-electron chi connectivity index (χ4n) is 3.34. The number of epoxide rings is 1. The second kappa shape index (κ2) is 9.28. The van der Waals surface area contributed by atoms with E-state index in [1.165, 1.54) is 25.7 Å². The molecule has 134 valence electrons. The Hall–Kier alpha value is -0.260. The van der Waals surface area contributed by atoms with E-state index in [2.05, 4.69) is 27.0 Å². The molecular weight excluding hydrogens is 310 g/mol. The molecule has 4 nitrogen and oxygen atoms in total. The maximum absolute atomic E-state index is 12.9. The van der Waals surface area contributed by atoms with Crippen molar-refractivity contribution in [2.45, 2.75) is 83.8 Å². The third-order valence-corrected chi connectivity index (χ3v) is 5.53. The SMILES string of the molecule is CCCCCC[C@@H]1O[C@H]1C(=O)N1[C@H](CCSC)OC[C@@H]1C(C)C. The van der Waals surface area contributed by atoms with E-state index in [0.29, 0.717) is 12.5 Å². The minimum atomic E-state index is -0.212. The molecule has 2 fully saturated rings. The summed E-state index contributed by atoms with van der Waals surface area (Å²) in [6.07, 6.45) is 8.83. The fourth-order valence-corrected chi connectivity index (χ4v) is 3.78. The first kappa shape index (κ1) is 19.1. The van der Waals surface area contributed by atoms with Crippen molar-refractivity contribution in [1.29, 1.82) is 0 Å². The number of rotatable bonds is 10. The molecule has 0 spiro atoms. The van der Waals surface area contributed by atoms with Crippen LogP contribution < -0.4 is 0 Å². The molecule has 2 rings (SSSR count). The van der Waals surface area contributed by atoms with E-state index in [-0.39, 0.29) is 30.4 Å². The largest absolute Gasteiger partial charge is 0.359 e. The number of carbonyl (C=O) groups is 1. The summed E-state index contributed by atoms with van der Waals surface area (Å²) in [5, 5.41) is 0. The third kappa shape index (κ3) is 5.10. The minimum absolute atomic E-state index is 0.0627. The normalized spacial score (nSPS) is 30.2. The Morgan fingerprint density at radius 1 is 1.26 bits per heavy atom. The van der Waals surface area contributed by atoms with Crippen LogP contribution in [0.1, 0.15) is 59.3 Å². The number of carbonyl (C=O) groups excluding carboxylic acids is 1. The van der Waals surface area contributed by atoms with E-state index in [4.69, 9.17) is 9.47 Å². The number of ether oxygens (including phenoxy) is 2. The van der Waals surface area contributed by atoms with Crippen molar-refractivity contribution in [3.63, 3.8) is 0 Å². The maximum atomic E-state index is 12.9. The minimum Gasteiger partial charge on any atom is -0.359 e. The number of amides is 1. The molecule has 0 aliphatic carbocycles. The van der Waals surface area contributed by atoms with Crippen LogP contribution >= 0.6 is 11.8 Å². The summed E-state index contributed by atoms with van der Waals surface area (Å²) in [4.78, 5) is 14.9. The Morgan fingerprint density at radius 3 is 2.70 bits per heavy atom. The Morgan fingerprint density at radius 2 is 2.04 bits per heavy atom. The zero-order valence-corrected chi connectivity index (χ0v) is 15.9. The molecule has 0 bridgehead atoms. The van der Waals surface area contributed by atoms with Crippen LogP contribution in [-0.4, -0.2) is 53.9 Å². The Labute approximate surface area is 145 Å². The van der Waals surface area contributed by atoms with Crippen molar-refractivity contribution < 1.29 is 14.3 Å². The number of unbranched alkanes of at least 4 members (excludes halogenated alkanes) is 3. The van der Waals surface area contributed by atoms with Gasteiger partial charge in [0.05, 0.1) is 18.8 Å². The van der Waals surface area contributed by atoms with E-state index in [9.17, 15) is 4.79 Å². The number of nitrogens with zero attached hydrogens (tertiary/aromatic N) is 1. The van der Waals surface area contributed by atoms with Crippen molar-refractivity contribution in [1.82, 2.24) is 4.90 Å². The highest BCUT2D eigenvalue weighted by Crippen LogP contribution is 2.34. The second-order valence-corrected chi connectivity index (χ2v) is 8.06. The van der Waals surface area contributed by atoms with Gasteiger partial charge in [0.1, 0.15) is 6.23 Å². The molecule has 1 amide bonds. The topological polar surface area (TPSA) is 42.1 Å². The molecule has 4 atom stereocenters. The predicted molar refractivity (Wildman–Crippen MR) is 95.6 cm³/mol. The lowest BCUT2D eigenvalue weighted by Gasteiger charge is -2.30. The predicted octanol–water partition coefficient (Wildman–Crippen LogP) is 3.69. The molecule has 23 heavy (non-hydrogen) atoms. The lowest BCUT2D eigenvalue weighted by atomic mass is 10.0. The number of thioether (sulfide) groups is 1. The number of hydrogen-bond acceptors (Lipinski definition) is 4. The summed E-state index contributed by atoms with van der Waals surface area (Å²) < 4.78 is 11.6. The van der Waals surface area contributed by atoms with E-state index in [1.54, 1.807) is 11.8 Å². The molecule has 0 saturated carbocycles. The average molecular weight is 344 g/mol. The molecule has 2 aliphatic heterocycles. The van der Waals surface area contributed by atoms with Crippen LogP contribution in [-0.2, 0) is 14.3 Å². The second-order valence-electron chi connectivity index (χ2n) is 7.07. The van der Waals surface area contributed by atoms with E-state index in [1.807, 2.05) is 4.90 Å². The Kier molecular flexibility index (Phi) is 7.70. The van der Waals surface area contributed by atoms with E-state index in [0.717, 1.165) is 18.6 Å². The lowest BCUT2D eigenvalue weighted by molar-refractivity contribution is -0.139. The lowest BCUT2D eigenvalue weighted by Crippen LogP contribution is -2.47. The molecule has 0 N–H and O–H groups in total. The van der Waals surface area contributed by atoms with Gasteiger partial charge in [-0.15, -0.1) is 0 Å². The summed E-state index contributed by atoms with van der Waals surface area (Å²) in [5.41, 5.74) is 0. The van der Waals surface area contributed by atoms with Gasteiger partial charge < -0.3 is 14.4 Å². The van der Waals surface area contributed by atoms with Crippen LogP contribution in [0.25, 0.3) is 0 Å². The van der Waals surface area contributed by atoms with Gasteiger partial charge in [-0.2, -0.15) is 11.8 Å². The van der Waals surface area contributed by atoms with Gasteiger partial charge in [-0.25, -0.2) is 0 Å². The van der Waals surface area contributed by atoms with Gasteiger partial charge in [0.25, 0.3) is 5.91 Å². The molecule has 2 heterocycles. The molecule has 0 radical (unpaired) electrons. The third-order valence-electron chi connectivity index (χ3n) is 4.89. The molecule has 2 aliphatic rings. The highest BCUT2D eigenvalue weighted by molar-refractivity contribution is 7.98. The summed E-state index contributed by atoms with van der Waals surface area (Å²) in [6.45, 7) is 7.22. The molecular formula is C18H33NO3S. The number of hydrogen-bond donors (Lipinski definition) is 0.